The molecule has 0 aromatic rings. The molecule has 1 rings (SSSR count). The van der Waals surface area contributed by atoms with E-state index in [2.05, 4.69) is 32.6 Å². The third-order valence-electron chi connectivity index (χ3n) is 2.09. The SMILES string of the molecule is [CH2-]CC(C)C.[CH2-]CN1CCCC1.[U+2]. The summed E-state index contributed by atoms with van der Waals surface area (Å²) in [5.74, 6) is 0.773. The van der Waals surface area contributed by atoms with Gasteiger partial charge >= 0.3 is 31.1 Å². The van der Waals surface area contributed by atoms with Gasteiger partial charge in [0, 0.05) is 0 Å². The number of rotatable bonds is 2. The molecule has 0 atom stereocenters. The van der Waals surface area contributed by atoms with E-state index in [0.717, 1.165) is 18.9 Å². The smallest absolute Gasteiger partial charge is 0.343 e. The Morgan fingerprint density at radius 2 is 1.54 bits per heavy atom. The number of nitrogens with zero attached hydrogens (tertiary/aromatic N) is 1. The van der Waals surface area contributed by atoms with E-state index < -0.39 is 0 Å². The van der Waals surface area contributed by atoms with Crippen LogP contribution in [0.3, 0.4) is 0 Å². The van der Waals surface area contributed by atoms with Crippen molar-refractivity contribution in [3.05, 3.63) is 13.8 Å². The maximum absolute atomic E-state index is 3.79. The Hall–Kier alpha value is 1.01. The van der Waals surface area contributed by atoms with Gasteiger partial charge < -0.3 is 18.7 Å². The first-order chi connectivity index (χ1) is 5.70. The summed E-state index contributed by atoms with van der Waals surface area (Å²) >= 11 is 0. The molecule has 1 aliphatic heterocycles. The van der Waals surface area contributed by atoms with Gasteiger partial charge in [-0.2, -0.15) is 6.42 Å². The molecule has 1 saturated heterocycles. The number of hydrogen-bond acceptors (Lipinski definition) is 1. The van der Waals surface area contributed by atoms with Gasteiger partial charge in [0.1, 0.15) is 0 Å². The van der Waals surface area contributed by atoms with Crippen LogP contribution >= 0.6 is 0 Å². The summed E-state index contributed by atoms with van der Waals surface area (Å²) in [4.78, 5) is 2.38. The quantitative estimate of drug-likeness (QED) is 0.637. The molecule has 0 spiro atoms. The molecule has 0 aromatic carbocycles. The fourth-order valence-electron chi connectivity index (χ4n) is 1.01. The molecule has 0 saturated carbocycles. The standard InChI is InChI=1S/C6H12N.C5H11.U/c1-2-7-5-3-4-6-7;1-4-5(2)3;/h1-6H2;5H,1,4H2,2-3H3;/q2*-1;+2. The van der Waals surface area contributed by atoms with Crippen LogP contribution in [-0.4, -0.2) is 24.5 Å². The van der Waals surface area contributed by atoms with Crippen molar-refractivity contribution >= 4 is 0 Å². The van der Waals surface area contributed by atoms with E-state index in [-0.39, 0.29) is 31.1 Å². The van der Waals surface area contributed by atoms with Crippen molar-refractivity contribution in [3.63, 3.8) is 0 Å². The Morgan fingerprint density at radius 1 is 1.15 bits per heavy atom. The minimum absolute atomic E-state index is 0. The molecule has 0 amide bonds. The van der Waals surface area contributed by atoms with Gasteiger partial charge in [-0.1, -0.05) is 19.8 Å². The van der Waals surface area contributed by atoms with Crippen LogP contribution in [0.15, 0.2) is 0 Å². The molecular formula is C11H23NU. The summed E-state index contributed by atoms with van der Waals surface area (Å²) in [6.45, 7) is 15.4. The largest absolute Gasteiger partial charge is 2.00 e. The van der Waals surface area contributed by atoms with Gasteiger partial charge in [-0.25, -0.2) is 0 Å². The number of likely N-dealkylation sites (tertiary alicyclic amines) is 1. The second-order valence-corrected chi connectivity index (χ2v) is 3.73. The zero-order chi connectivity index (χ0) is 9.40. The van der Waals surface area contributed by atoms with Crippen molar-refractivity contribution in [2.45, 2.75) is 33.1 Å². The van der Waals surface area contributed by atoms with E-state index in [1.807, 2.05) is 0 Å². The molecule has 13 heavy (non-hydrogen) atoms. The second kappa shape index (κ2) is 11.1. The fourth-order valence-corrected chi connectivity index (χ4v) is 1.01. The molecule has 0 bridgehead atoms. The summed E-state index contributed by atoms with van der Waals surface area (Å²) in [7, 11) is 0. The average molecular weight is 407 g/mol. The average Bonchev–Trinajstić information content (AvgIpc) is 2.57. The van der Waals surface area contributed by atoms with Crippen LogP contribution in [0.5, 0.6) is 0 Å². The molecule has 0 aromatic heterocycles. The molecule has 2 heteroatoms. The van der Waals surface area contributed by atoms with E-state index in [9.17, 15) is 0 Å². The van der Waals surface area contributed by atoms with Crippen molar-refractivity contribution < 1.29 is 31.1 Å². The van der Waals surface area contributed by atoms with Crippen molar-refractivity contribution in [1.29, 1.82) is 0 Å². The van der Waals surface area contributed by atoms with E-state index in [1.54, 1.807) is 0 Å². The Kier molecular flexibility index (Phi) is 14.0. The maximum Gasteiger partial charge on any atom is 2.00 e. The van der Waals surface area contributed by atoms with Crippen LogP contribution in [0.4, 0.5) is 0 Å². The van der Waals surface area contributed by atoms with Gasteiger partial charge in [-0.05, 0) is 25.9 Å². The normalized spacial score (nSPS) is 16.4. The van der Waals surface area contributed by atoms with E-state index >= 15 is 0 Å². The molecule has 1 nitrogen and oxygen atoms in total. The minimum atomic E-state index is 0. The topological polar surface area (TPSA) is 3.24 Å². The molecular weight excluding hydrogens is 384 g/mol. The first-order valence-corrected chi connectivity index (χ1v) is 5.01. The van der Waals surface area contributed by atoms with Crippen LogP contribution in [0, 0.1) is 50.9 Å². The van der Waals surface area contributed by atoms with E-state index in [1.165, 1.54) is 25.9 Å². The van der Waals surface area contributed by atoms with Gasteiger partial charge in [0.25, 0.3) is 0 Å². The molecule has 0 aliphatic carbocycles. The fraction of sp³-hybridized carbons (Fsp3) is 0.818. The molecule has 1 aliphatic rings. The number of hydrogen-bond donors (Lipinski definition) is 0. The monoisotopic (exact) mass is 407 g/mol. The Bertz CT molecular complexity index is 88.1. The predicted molar refractivity (Wildman–Crippen MR) is 55.8 cm³/mol. The van der Waals surface area contributed by atoms with Crippen molar-refractivity contribution in [2.75, 3.05) is 19.6 Å². The second-order valence-electron chi connectivity index (χ2n) is 3.73. The first-order valence-electron chi connectivity index (χ1n) is 5.01. The zero-order valence-electron chi connectivity index (χ0n) is 9.18. The molecule has 0 radical (unpaired) electrons. The third kappa shape index (κ3) is 10.9. The van der Waals surface area contributed by atoms with Crippen molar-refractivity contribution in [2.24, 2.45) is 5.92 Å². The van der Waals surface area contributed by atoms with E-state index in [0.29, 0.717) is 0 Å². The summed E-state index contributed by atoms with van der Waals surface area (Å²) in [6.07, 6.45) is 3.82. The summed E-state index contributed by atoms with van der Waals surface area (Å²) in [6, 6.07) is 0. The van der Waals surface area contributed by atoms with E-state index in [4.69, 9.17) is 0 Å². The van der Waals surface area contributed by atoms with Crippen molar-refractivity contribution in [1.82, 2.24) is 4.90 Å². The van der Waals surface area contributed by atoms with Crippen LogP contribution in [0.1, 0.15) is 33.1 Å². The maximum atomic E-state index is 3.79. The third-order valence-corrected chi connectivity index (χ3v) is 2.09. The Labute approximate surface area is 108 Å². The minimum Gasteiger partial charge on any atom is -0.343 e. The van der Waals surface area contributed by atoms with Crippen molar-refractivity contribution in [3.8, 4) is 0 Å². The van der Waals surface area contributed by atoms with Crippen LogP contribution in [0.2, 0.25) is 0 Å². The zero-order valence-corrected chi connectivity index (χ0v) is 13.3. The van der Waals surface area contributed by atoms with Gasteiger partial charge in [0.2, 0.25) is 0 Å². The predicted octanol–water partition coefficient (Wildman–Crippen LogP) is 2.78. The van der Waals surface area contributed by atoms with Gasteiger partial charge in [0.15, 0.2) is 0 Å². The van der Waals surface area contributed by atoms with Crippen LogP contribution in [-0.2, 0) is 0 Å². The van der Waals surface area contributed by atoms with Crippen LogP contribution < -0.4 is 0 Å². The Morgan fingerprint density at radius 3 is 1.69 bits per heavy atom. The molecule has 1 heterocycles. The summed E-state index contributed by atoms with van der Waals surface area (Å²) < 4.78 is 0. The van der Waals surface area contributed by atoms with Crippen LogP contribution in [0.25, 0.3) is 0 Å². The molecule has 0 unspecified atom stereocenters. The summed E-state index contributed by atoms with van der Waals surface area (Å²) in [5.41, 5.74) is 0. The first kappa shape index (κ1) is 16.4. The molecule has 0 N–H and O–H groups in total. The Balaban J connectivity index is 0. The van der Waals surface area contributed by atoms with Gasteiger partial charge in [0.05, 0.1) is 0 Å². The molecule has 76 valence electrons. The summed E-state index contributed by atoms with van der Waals surface area (Å²) in [5, 5.41) is 0. The van der Waals surface area contributed by atoms with Gasteiger partial charge in [-0.3, -0.25) is 0 Å². The van der Waals surface area contributed by atoms with Gasteiger partial charge in [-0.15, -0.1) is 6.54 Å². The molecule has 1 fully saturated rings.